The topological polar surface area (TPSA) is 53.2 Å². The van der Waals surface area contributed by atoms with Gasteiger partial charge in [-0.1, -0.05) is 0 Å². The van der Waals surface area contributed by atoms with Crippen molar-refractivity contribution in [1.29, 1.82) is 0 Å². The molecule has 0 aliphatic carbocycles. The second-order valence-corrected chi connectivity index (χ2v) is 3.04. The summed E-state index contributed by atoms with van der Waals surface area (Å²) in [6.07, 6.45) is 2.27. The van der Waals surface area contributed by atoms with Gasteiger partial charge in [0.05, 0.1) is 0 Å². The number of hydrogen-bond acceptors (Lipinski definition) is 3. The molecule has 0 saturated heterocycles. The van der Waals surface area contributed by atoms with Crippen LogP contribution in [0.1, 0.15) is 6.42 Å². The molecule has 0 amide bonds. The van der Waals surface area contributed by atoms with Gasteiger partial charge in [-0.15, -0.1) is 0 Å². The molecule has 0 spiro atoms. The minimum Gasteiger partial charge on any atom is -0.385 e. The molecule has 0 aliphatic rings. The molecule has 1 aromatic heterocycles. The average molecular weight is 198 g/mol. The first-order valence-electron chi connectivity index (χ1n) is 4.42. The van der Waals surface area contributed by atoms with Crippen LogP contribution in [-0.2, 0) is 18.3 Å². The molecule has 0 bridgehead atoms. The van der Waals surface area contributed by atoms with Crippen molar-refractivity contribution < 1.29 is 4.74 Å². The lowest BCUT2D eigenvalue weighted by atomic mass is 10.4. The summed E-state index contributed by atoms with van der Waals surface area (Å²) in [6, 6.07) is 1.38. The molecule has 14 heavy (non-hydrogen) atoms. The van der Waals surface area contributed by atoms with Crippen LogP contribution in [-0.4, -0.2) is 22.9 Å². The van der Waals surface area contributed by atoms with E-state index in [-0.39, 0.29) is 11.2 Å². The Hall–Kier alpha value is -1.36. The SMILES string of the molecule is COCCCn1ccc(=O)n(C)c1=O. The van der Waals surface area contributed by atoms with Crippen molar-refractivity contribution in [3.63, 3.8) is 0 Å². The third kappa shape index (κ3) is 2.32. The fourth-order valence-electron chi connectivity index (χ4n) is 1.17. The Morgan fingerprint density at radius 3 is 2.79 bits per heavy atom. The number of methoxy groups -OCH3 is 1. The van der Waals surface area contributed by atoms with Crippen LogP contribution in [0.15, 0.2) is 21.9 Å². The highest BCUT2D eigenvalue weighted by Gasteiger charge is 1.99. The van der Waals surface area contributed by atoms with Crippen LogP contribution in [0.25, 0.3) is 0 Å². The van der Waals surface area contributed by atoms with Crippen molar-refractivity contribution in [3.8, 4) is 0 Å². The normalized spacial score (nSPS) is 10.4. The van der Waals surface area contributed by atoms with E-state index in [1.165, 1.54) is 23.9 Å². The van der Waals surface area contributed by atoms with Crippen molar-refractivity contribution in [1.82, 2.24) is 9.13 Å². The summed E-state index contributed by atoms with van der Waals surface area (Å²) in [6.45, 7) is 1.18. The van der Waals surface area contributed by atoms with Gasteiger partial charge in [-0.2, -0.15) is 0 Å². The van der Waals surface area contributed by atoms with E-state index >= 15 is 0 Å². The van der Waals surface area contributed by atoms with Crippen LogP contribution < -0.4 is 11.2 Å². The van der Waals surface area contributed by atoms with E-state index in [1.54, 1.807) is 7.11 Å². The second-order valence-electron chi connectivity index (χ2n) is 3.04. The van der Waals surface area contributed by atoms with Crippen molar-refractivity contribution >= 4 is 0 Å². The summed E-state index contributed by atoms with van der Waals surface area (Å²) in [7, 11) is 3.08. The Morgan fingerprint density at radius 1 is 1.43 bits per heavy atom. The first kappa shape index (κ1) is 10.7. The van der Waals surface area contributed by atoms with Gasteiger partial charge >= 0.3 is 5.69 Å². The predicted molar refractivity (Wildman–Crippen MR) is 52.4 cm³/mol. The van der Waals surface area contributed by atoms with Crippen molar-refractivity contribution in [2.45, 2.75) is 13.0 Å². The zero-order valence-electron chi connectivity index (χ0n) is 8.40. The lowest BCUT2D eigenvalue weighted by Crippen LogP contribution is -2.37. The van der Waals surface area contributed by atoms with Gasteiger partial charge in [0.1, 0.15) is 0 Å². The number of rotatable bonds is 4. The van der Waals surface area contributed by atoms with E-state index in [0.717, 1.165) is 11.0 Å². The van der Waals surface area contributed by atoms with E-state index < -0.39 is 0 Å². The van der Waals surface area contributed by atoms with E-state index in [9.17, 15) is 9.59 Å². The number of aromatic nitrogens is 2. The van der Waals surface area contributed by atoms with Gasteiger partial charge in [-0.3, -0.25) is 9.36 Å². The Labute approximate surface area is 81.6 Å². The number of hydrogen-bond donors (Lipinski definition) is 0. The second kappa shape index (κ2) is 4.76. The summed E-state index contributed by atoms with van der Waals surface area (Å²) in [5, 5.41) is 0. The Morgan fingerprint density at radius 2 is 2.14 bits per heavy atom. The van der Waals surface area contributed by atoms with Crippen LogP contribution in [0.3, 0.4) is 0 Å². The van der Waals surface area contributed by atoms with E-state index in [4.69, 9.17) is 4.74 Å². The standard InChI is InChI=1S/C9H14N2O3/c1-10-8(12)4-6-11(9(10)13)5-3-7-14-2/h4,6H,3,5,7H2,1-2H3. The van der Waals surface area contributed by atoms with Gasteiger partial charge in [0.25, 0.3) is 5.56 Å². The zero-order chi connectivity index (χ0) is 10.6. The Kier molecular flexibility index (Phi) is 3.64. The molecule has 5 heteroatoms. The molecular formula is C9H14N2O3. The largest absolute Gasteiger partial charge is 0.385 e. The number of aryl methyl sites for hydroxylation is 1. The lowest BCUT2D eigenvalue weighted by molar-refractivity contribution is 0.189. The van der Waals surface area contributed by atoms with Crippen LogP contribution in [0.2, 0.25) is 0 Å². The molecule has 0 unspecified atom stereocenters. The fraction of sp³-hybridized carbons (Fsp3) is 0.556. The highest BCUT2D eigenvalue weighted by molar-refractivity contribution is 4.85. The molecule has 78 valence electrons. The first-order chi connectivity index (χ1) is 6.66. The molecule has 1 heterocycles. The molecule has 5 nitrogen and oxygen atoms in total. The van der Waals surface area contributed by atoms with E-state index in [0.29, 0.717) is 13.2 Å². The fourth-order valence-corrected chi connectivity index (χ4v) is 1.17. The smallest absolute Gasteiger partial charge is 0.330 e. The summed E-state index contributed by atoms with van der Waals surface area (Å²) < 4.78 is 7.46. The molecule has 0 radical (unpaired) electrons. The monoisotopic (exact) mass is 198 g/mol. The minimum atomic E-state index is -0.284. The zero-order valence-corrected chi connectivity index (χ0v) is 8.40. The quantitative estimate of drug-likeness (QED) is 0.618. The molecular weight excluding hydrogens is 184 g/mol. The first-order valence-corrected chi connectivity index (χ1v) is 4.42. The molecule has 0 saturated carbocycles. The maximum absolute atomic E-state index is 11.5. The summed E-state index contributed by atoms with van der Waals surface area (Å²) in [4.78, 5) is 22.5. The maximum atomic E-state index is 11.5. The Bertz CT molecular complexity index is 405. The van der Waals surface area contributed by atoms with Crippen molar-refractivity contribution in [2.75, 3.05) is 13.7 Å². The van der Waals surface area contributed by atoms with E-state index in [1.807, 2.05) is 0 Å². The maximum Gasteiger partial charge on any atom is 0.330 e. The van der Waals surface area contributed by atoms with Gasteiger partial charge in [0.2, 0.25) is 0 Å². The summed E-state index contributed by atoms with van der Waals surface area (Å²) in [5.41, 5.74) is -0.563. The van der Waals surface area contributed by atoms with Crippen LogP contribution in [0, 0.1) is 0 Å². The van der Waals surface area contributed by atoms with Crippen LogP contribution >= 0.6 is 0 Å². The van der Waals surface area contributed by atoms with Gasteiger partial charge in [0, 0.05) is 39.6 Å². The molecule has 0 aliphatic heterocycles. The minimum absolute atomic E-state index is 0.280. The van der Waals surface area contributed by atoms with Crippen LogP contribution in [0.4, 0.5) is 0 Å². The summed E-state index contributed by atoms with van der Waals surface area (Å²) >= 11 is 0. The van der Waals surface area contributed by atoms with Gasteiger partial charge in [-0.05, 0) is 6.42 Å². The van der Waals surface area contributed by atoms with Crippen molar-refractivity contribution in [3.05, 3.63) is 33.1 Å². The highest BCUT2D eigenvalue weighted by atomic mass is 16.5. The molecule has 0 N–H and O–H groups in total. The molecule has 1 rings (SSSR count). The number of ether oxygens (including phenoxy) is 1. The molecule has 0 aromatic carbocycles. The molecule has 0 atom stereocenters. The predicted octanol–water partition coefficient (Wildman–Crippen LogP) is -0.417. The third-order valence-corrected chi connectivity index (χ3v) is 2.01. The van der Waals surface area contributed by atoms with Crippen molar-refractivity contribution in [2.24, 2.45) is 7.05 Å². The third-order valence-electron chi connectivity index (χ3n) is 2.01. The Balaban J connectivity index is 2.84. The van der Waals surface area contributed by atoms with Gasteiger partial charge in [0.15, 0.2) is 0 Å². The van der Waals surface area contributed by atoms with Crippen LogP contribution in [0.5, 0.6) is 0 Å². The van der Waals surface area contributed by atoms with Gasteiger partial charge < -0.3 is 9.30 Å². The lowest BCUT2D eigenvalue weighted by Gasteiger charge is -2.05. The van der Waals surface area contributed by atoms with E-state index in [2.05, 4.69) is 0 Å². The summed E-state index contributed by atoms with van der Waals surface area (Å²) in [5.74, 6) is 0. The number of nitrogens with zero attached hydrogens (tertiary/aromatic N) is 2. The van der Waals surface area contributed by atoms with Gasteiger partial charge in [-0.25, -0.2) is 4.79 Å². The molecule has 0 fully saturated rings. The molecule has 1 aromatic rings. The average Bonchev–Trinajstić information content (AvgIpc) is 2.18. The highest BCUT2D eigenvalue weighted by Crippen LogP contribution is 1.85.